The SMILES string of the molecule is CC(C)C1(CN(C)Cc2ccsc2)CCNC1. The first kappa shape index (κ1) is 13.1. The largest absolute Gasteiger partial charge is 0.316 e. The summed E-state index contributed by atoms with van der Waals surface area (Å²) in [6.07, 6.45) is 1.32. The standard InChI is InChI=1S/C14H24N2S/c1-12(2)14(5-6-15-10-14)11-16(3)8-13-4-7-17-9-13/h4,7,9,12,15H,5-6,8,10-11H2,1-3H3. The summed E-state index contributed by atoms with van der Waals surface area (Å²) in [5.74, 6) is 0.752. The van der Waals surface area contributed by atoms with Gasteiger partial charge in [0.05, 0.1) is 0 Å². The van der Waals surface area contributed by atoms with E-state index < -0.39 is 0 Å². The van der Waals surface area contributed by atoms with Crippen LogP contribution in [0.1, 0.15) is 25.8 Å². The third-order valence-corrected chi connectivity index (χ3v) is 4.85. The molecule has 0 bridgehead atoms. The van der Waals surface area contributed by atoms with Gasteiger partial charge in [-0.2, -0.15) is 11.3 Å². The molecule has 1 saturated heterocycles. The molecular formula is C14H24N2S. The van der Waals surface area contributed by atoms with E-state index >= 15 is 0 Å². The fourth-order valence-corrected chi connectivity index (χ4v) is 3.52. The van der Waals surface area contributed by atoms with Gasteiger partial charge in [-0.1, -0.05) is 13.8 Å². The van der Waals surface area contributed by atoms with Crippen molar-refractivity contribution in [2.45, 2.75) is 26.8 Å². The van der Waals surface area contributed by atoms with Crippen LogP contribution in [0.3, 0.4) is 0 Å². The minimum absolute atomic E-state index is 0.477. The van der Waals surface area contributed by atoms with E-state index in [1.165, 1.54) is 31.6 Å². The van der Waals surface area contributed by atoms with Crippen LogP contribution in [0.15, 0.2) is 16.8 Å². The number of hydrogen-bond acceptors (Lipinski definition) is 3. The van der Waals surface area contributed by atoms with Gasteiger partial charge < -0.3 is 10.2 Å². The summed E-state index contributed by atoms with van der Waals surface area (Å²) in [6.45, 7) is 9.38. The maximum atomic E-state index is 3.53. The average molecular weight is 252 g/mol. The summed E-state index contributed by atoms with van der Waals surface area (Å²) in [4.78, 5) is 2.48. The normalized spacial score (nSPS) is 25.0. The predicted molar refractivity (Wildman–Crippen MR) is 75.4 cm³/mol. The van der Waals surface area contributed by atoms with Gasteiger partial charge in [0.1, 0.15) is 0 Å². The van der Waals surface area contributed by atoms with E-state index in [-0.39, 0.29) is 0 Å². The number of nitrogens with one attached hydrogen (secondary N) is 1. The molecule has 2 heterocycles. The Kier molecular flexibility index (Phi) is 4.23. The monoisotopic (exact) mass is 252 g/mol. The molecule has 1 aliphatic heterocycles. The molecule has 0 aliphatic carbocycles. The first-order valence-electron chi connectivity index (χ1n) is 6.53. The number of thiophene rings is 1. The van der Waals surface area contributed by atoms with Crippen LogP contribution in [0.25, 0.3) is 0 Å². The Morgan fingerprint density at radius 1 is 1.53 bits per heavy atom. The first-order chi connectivity index (χ1) is 8.12. The van der Waals surface area contributed by atoms with Gasteiger partial charge >= 0.3 is 0 Å². The molecule has 0 amide bonds. The van der Waals surface area contributed by atoms with E-state index in [4.69, 9.17) is 0 Å². The Balaban J connectivity index is 1.94. The molecule has 0 saturated carbocycles. The van der Waals surface area contributed by atoms with Gasteiger partial charge in [0.2, 0.25) is 0 Å². The second-order valence-electron chi connectivity index (χ2n) is 5.75. The van der Waals surface area contributed by atoms with Crippen LogP contribution >= 0.6 is 11.3 Å². The Bertz CT molecular complexity index is 326. The first-order valence-corrected chi connectivity index (χ1v) is 7.47. The highest BCUT2D eigenvalue weighted by molar-refractivity contribution is 7.07. The summed E-state index contributed by atoms with van der Waals surface area (Å²) in [5.41, 5.74) is 1.92. The van der Waals surface area contributed by atoms with Crippen molar-refractivity contribution in [1.82, 2.24) is 10.2 Å². The number of rotatable bonds is 5. The van der Waals surface area contributed by atoms with Crippen molar-refractivity contribution < 1.29 is 0 Å². The average Bonchev–Trinajstić information content (AvgIpc) is 2.89. The van der Waals surface area contributed by atoms with Crippen molar-refractivity contribution >= 4 is 11.3 Å². The van der Waals surface area contributed by atoms with E-state index in [9.17, 15) is 0 Å². The molecular weight excluding hydrogens is 228 g/mol. The zero-order valence-electron chi connectivity index (χ0n) is 11.2. The van der Waals surface area contributed by atoms with Crippen molar-refractivity contribution in [2.75, 3.05) is 26.7 Å². The molecule has 3 heteroatoms. The molecule has 2 nitrogen and oxygen atoms in total. The summed E-state index contributed by atoms with van der Waals surface area (Å²) in [6, 6.07) is 2.23. The van der Waals surface area contributed by atoms with Crippen molar-refractivity contribution in [2.24, 2.45) is 11.3 Å². The second kappa shape index (κ2) is 5.51. The van der Waals surface area contributed by atoms with Gasteiger partial charge in [-0.25, -0.2) is 0 Å². The lowest BCUT2D eigenvalue weighted by Gasteiger charge is -2.36. The van der Waals surface area contributed by atoms with Gasteiger partial charge in [0.25, 0.3) is 0 Å². The summed E-state index contributed by atoms with van der Waals surface area (Å²) < 4.78 is 0. The highest BCUT2D eigenvalue weighted by Crippen LogP contribution is 2.35. The smallest absolute Gasteiger partial charge is 0.0239 e. The Hall–Kier alpha value is -0.380. The van der Waals surface area contributed by atoms with Gasteiger partial charge in [-0.15, -0.1) is 0 Å². The molecule has 1 aromatic heterocycles. The van der Waals surface area contributed by atoms with E-state index in [2.05, 4.69) is 47.9 Å². The van der Waals surface area contributed by atoms with Crippen LogP contribution in [0.5, 0.6) is 0 Å². The number of hydrogen-bond donors (Lipinski definition) is 1. The molecule has 1 aliphatic rings. The van der Waals surface area contributed by atoms with Crippen LogP contribution < -0.4 is 5.32 Å². The lowest BCUT2D eigenvalue weighted by molar-refractivity contribution is 0.132. The van der Waals surface area contributed by atoms with Gasteiger partial charge in [0, 0.05) is 19.6 Å². The van der Waals surface area contributed by atoms with E-state index in [0.29, 0.717) is 5.41 Å². The Morgan fingerprint density at radius 3 is 2.88 bits per heavy atom. The molecule has 1 N–H and O–H groups in total. The van der Waals surface area contributed by atoms with Gasteiger partial charge in [-0.05, 0) is 53.7 Å². The minimum atomic E-state index is 0.477. The molecule has 0 radical (unpaired) electrons. The Labute approximate surface area is 109 Å². The van der Waals surface area contributed by atoms with Crippen molar-refractivity contribution in [3.8, 4) is 0 Å². The Morgan fingerprint density at radius 2 is 2.35 bits per heavy atom. The molecule has 1 fully saturated rings. The highest BCUT2D eigenvalue weighted by Gasteiger charge is 2.37. The van der Waals surface area contributed by atoms with E-state index in [1.54, 1.807) is 11.3 Å². The van der Waals surface area contributed by atoms with Crippen molar-refractivity contribution in [3.05, 3.63) is 22.4 Å². The maximum Gasteiger partial charge on any atom is 0.0239 e. The van der Waals surface area contributed by atoms with Crippen LogP contribution in [0, 0.1) is 11.3 Å². The predicted octanol–water partition coefficient (Wildman–Crippen LogP) is 2.82. The van der Waals surface area contributed by atoms with E-state index in [1.807, 2.05) is 0 Å². The van der Waals surface area contributed by atoms with Crippen molar-refractivity contribution in [1.29, 1.82) is 0 Å². The van der Waals surface area contributed by atoms with Gasteiger partial charge in [0.15, 0.2) is 0 Å². The minimum Gasteiger partial charge on any atom is -0.316 e. The third kappa shape index (κ3) is 3.09. The highest BCUT2D eigenvalue weighted by atomic mass is 32.1. The summed E-state index contributed by atoms with van der Waals surface area (Å²) in [5, 5.41) is 7.95. The summed E-state index contributed by atoms with van der Waals surface area (Å²) in [7, 11) is 2.25. The number of nitrogens with zero attached hydrogens (tertiary/aromatic N) is 1. The quantitative estimate of drug-likeness (QED) is 0.867. The topological polar surface area (TPSA) is 15.3 Å². The van der Waals surface area contributed by atoms with Crippen LogP contribution in [0.2, 0.25) is 0 Å². The molecule has 0 aromatic carbocycles. The second-order valence-corrected chi connectivity index (χ2v) is 6.53. The third-order valence-electron chi connectivity index (χ3n) is 4.12. The fraction of sp³-hybridized carbons (Fsp3) is 0.714. The molecule has 0 spiro atoms. The van der Waals surface area contributed by atoms with E-state index in [0.717, 1.165) is 12.5 Å². The fourth-order valence-electron chi connectivity index (χ4n) is 2.86. The van der Waals surface area contributed by atoms with Crippen LogP contribution in [0.4, 0.5) is 0 Å². The zero-order chi connectivity index (χ0) is 12.3. The molecule has 1 aromatic rings. The maximum absolute atomic E-state index is 3.53. The molecule has 1 unspecified atom stereocenters. The lowest BCUT2D eigenvalue weighted by atomic mass is 9.76. The van der Waals surface area contributed by atoms with Crippen LogP contribution in [-0.4, -0.2) is 31.6 Å². The van der Waals surface area contributed by atoms with Gasteiger partial charge in [-0.3, -0.25) is 0 Å². The zero-order valence-corrected chi connectivity index (χ0v) is 12.0. The molecule has 96 valence electrons. The molecule has 17 heavy (non-hydrogen) atoms. The van der Waals surface area contributed by atoms with Crippen LogP contribution in [-0.2, 0) is 6.54 Å². The molecule has 2 rings (SSSR count). The lowest BCUT2D eigenvalue weighted by Crippen LogP contribution is -2.40. The summed E-state index contributed by atoms with van der Waals surface area (Å²) >= 11 is 1.79. The van der Waals surface area contributed by atoms with Crippen molar-refractivity contribution in [3.63, 3.8) is 0 Å². The molecule has 1 atom stereocenters.